The molecule has 0 radical (unpaired) electrons. The molecule has 5 rings (SSSR count). The highest BCUT2D eigenvalue weighted by atomic mass is 32.2. The zero-order chi connectivity index (χ0) is 23.7. The van der Waals surface area contributed by atoms with E-state index >= 15 is 0 Å². The second kappa shape index (κ2) is 9.92. The van der Waals surface area contributed by atoms with Gasteiger partial charge in [0.2, 0.25) is 11.8 Å². The summed E-state index contributed by atoms with van der Waals surface area (Å²) in [5.74, 6) is -0.129. The minimum atomic E-state index is -0.157. The lowest BCUT2D eigenvalue weighted by molar-refractivity contribution is -0.114. The minimum Gasteiger partial charge on any atom is -0.326 e. The van der Waals surface area contributed by atoms with E-state index in [1.807, 2.05) is 4.57 Å². The van der Waals surface area contributed by atoms with Gasteiger partial charge in [0.05, 0.1) is 11.1 Å². The van der Waals surface area contributed by atoms with Crippen molar-refractivity contribution in [2.75, 3.05) is 16.4 Å². The lowest BCUT2D eigenvalue weighted by atomic mass is 9.97. The summed E-state index contributed by atoms with van der Waals surface area (Å²) in [5.41, 5.74) is 2.62. The van der Waals surface area contributed by atoms with Gasteiger partial charge in [0.25, 0.3) is 5.56 Å². The van der Waals surface area contributed by atoms with Gasteiger partial charge >= 0.3 is 0 Å². The summed E-state index contributed by atoms with van der Waals surface area (Å²) < 4.78 is 1.89. The third kappa shape index (κ3) is 4.77. The number of hydrogen-bond donors (Lipinski definition) is 2. The van der Waals surface area contributed by atoms with Crippen LogP contribution in [0.1, 0.15) is 61.9 Å². The number of carbonyl (C=O) groups excluding carboxylic acids is 2. The Labute approximate surface area is 206 Å². The van der Waals surface area contributed by atoms with E-state index < -0.39 is 0 Å². The number of anilines is 2. The molecule has 178 valence electrons. The maximum absolute atomic E-state index is 13.7. The Morgan fingerprint density at radius 2 is 1.74 bits per heavy atom. The highest BCUT2D eigenvalue weighted by molar-refractivity contribution is 7.99. The SMILES string of the molecule is CC(=O)Nc1ccc(NC(=O)CSc2nc3sc4c(c3c(=O)n2C2CCCC2)CCCC4)cc1. The third-order valence-corrected chi connectivity index (χ3v) is 8.64. The summed E-state index contributed by atoms with van der Waals surface area (Å²) in [5, 5.41) is 7.07. The van der Waals surface area contributed by atoms with Crippen LogP contribution in [0.2, 0.25) is 0 Å². The van der Waals surface area contributed by atoms with Crippen LogP contribution >= 0.6 is 23.1 Å². The van der Waals surface area contributed by atoms with Crippen LogP contribution < -0.4 is 16.2 Å². The molecule has 3 aromatic rings. The molecule has 2 aliphatic rings. The first-order chi connectivity index (χ1) is 16.5. The van der Waals surface area contributed by atoms with Gasteiger partial charge in [-0.05, 0) is 68.4 Å². The quantitative estimate of drug-likeness (QED) is 0.364. The van der Waals surface area contributed by atoms with Crippen molar-refractivity contribution >= 4 is 56.5 Å². The number of rotatable bonds is 6. The van der Waals surface area contributed by atoms with Crippen molar-refractivity contribution in [2.45, 2.75) is 69.5 Å². The van der Waals surface area contributed by atoms with Crippen LogP contribution in [0.5, 0.6) is 0 Å². The van der Waals surface area contributed by atoms with Crippen molar-refractivity contribution in [2.24, 2.45) is 0 Å². The number of amides is 2. The number of benzene rings is 1. The Bertz CT molecular complexity index is 1290. The molecule has 0 bridgehead atoms. The summed E-state index contributed by atoms with van der Waals surface area (Å²) >= 11 is 2.99. The Hall–Kier alpha value is -2.65. The van der Waals surface area contributed by atoms with E-state index in [0.717, 1.165) is 55.2 Å². The molecular weight excluding hydrogens is 468 g/mol. The zero-order valence-electron chi connectivity index (χ0n) is 19.2. The number of thiophene rings is 1. The average molecular weight is 497 g/mol. The molecule has 2 amide bonds. The second-order valence-corrected chi connectivity index (χ2v) is 11.0. The highest BCUT2D eigenvalue weighted by Crippen LogP contribution is 2.37. The molecule has 1 saturated carbocycles. The minimum absolute atomic E-state index is 0.0766. The van der Waals surface area contributed by atoms with E-state index in [4.69, 9.17) is 4.98 Å². The molecule has 9 heteroatoms. The van der Waals surface area contributed by atoms with Crippen molar-refractivity contribution in [1.29, 1.82) is 0 Å². The molecule has 0 atom stereocenters. The van der Waals surface area contributed by atoms with E-state index in [-0.39, 0.29) is 29.2 Å². The average Bonchev–Trinajstić information content (AvgIpc) is 3.46. The number of nitrogens with zero attached hydrogens (tertiary/aromatic N) is 2. The van der Waals surface area contributed by atoms with Crippen molar-refractivity contribution < 1.29 is 9.59 Å². The second-order valence-electron chi connectivity index (χ2n) is 8.99. The topological polar surface area (TPSA) is 93.1 Å². The number of carbonyl (C=O) groups is 2. The van der Waals surface area contributed by atoms with E-state index in [0.29, 0.717) is 16.5 Å². The van der Waals surface area contributed by atoms with Crippen LogP contribution in [0.3, 0.4) is 0 Å². The molecular formula is C25H28N4O3S2. The predicted octanol–water partition coefficient (Wildman–Crippen LogP) is 5.14. The Morgan fingerprint density at radius 3 is 2.44 bits per heavy atom. The fourth-order valence-corrected chi connectivity index (χ4v) is 7.12. The van der Waals surface area contributed by atoms with Crippen molar-refractivity contribution in [1.82, 2.24) is 9.55 Å². The van der Waals surface area contributed by atoms with Crippen LogP contribution in [-0.4, -0.2) is 27.1 Å². The number of aromatic nitrogens is 2. The van der Waals surface area contributed by atoms with E-state index in [1.165, 1.54) is 35.5 Å². The maximum Gasteiger partial charge on any atom is 0.263 e. The largest absolute Gasteiger partial charge is 0.326 e. The molecule has 1 fully saturated rings. The molecule has 2 aliphatic carbocycles. The van der Waals surface area contributed by atoms with Crippen LogP contribution in [0.15, 0.2) is 34.2 Å². The van der Waals surface area contributed by atoms with Gasteiger partial charge < -0.3 is 10.6 Å². The monoisotopic (exact) mass is 496 g/mol. The van der Waals surface area contributed by atoms with Crippen molar-refractivity contribution in [3.8, 4) is 0 Å². The van der Waals surface area contributed by atoms with Crippen molar-refractivity contribution in [3.05, 3.63) is 45.1 Å². The standard InChI is InChI=1S/C25H28N4O3S2/c1-15(30)26-16-10-12-17(13-11-16)27-21(31)14-33-25-28-23-22(19-8-4-5-9-20(19)34-23)24(32)29(25)18-6-2-3-7-18/h10-13,18H,2-9,14H2,1H3,(H,26,30)(H,27,31). The maximum atomic E-state index is 13.7. The zero-order valence-corrected chi connectivity index (χ0v) is 20.8. The predicted molar refractivity (Wildman–Crippen MR) is 138 cm³/mol. The number of aryl methyl sites for hydroxylation is 2. The summed E-state index contributed by atoms with van der Waals surface area (Å²) in [6.07, 6.45) is 8.51. The summed E-state index contributed by atoms with van der Waals surface area (Å²) in [7, 11) is 0. The van der Waals surface area contributed by atoms with Crippen LogP contribution in [0.4, 0.5) is 11.4 Å². The molecule has 2 N–H and O–H groups in total. The van der Waals surface area contributed by atoms with Crippen LogP contribution in [-0.2, 0) is 22.4 Å². The number of thioether (sulfide) groups is 1. The number of nitrogens with one attached hydrogen (secondary N) is 2. The summed E-state index contributed by atoms with van der Waals surface area (Å²) in [6, 6.07) is 7.16. The molecule has 0 aliphatic heterocycles. The fraction of sp³-hybridized carbons (Fsp3) is 0.440. The van der Waals surface area contributed by atoms with Gasteiger partial charge in [0.1, 0.15) is 4.83 Å². The van der Waals surface area contributed by atoms with E-state index in [2.05, 4.69) is 10.6 Å². The molecule has 2 heterocycles. The van der Waals surface area contributed by atoms with E-state index in [1.54, 1.807) is 35.6 Å². The normalized spacial score (nSPS) is 15.9. The molecule has 0 unspecified atom stereocenters. The van der Waals surface area contributed by atoms with Crippen molar-refractivity contribution in [3.63, 3.8) is 0 Å². The Balaban J connectivity index is 1.37. The smallest absolute Gasteiger partial charge is 0.263 e. The van der Waals surface area contributed by atoms with E-state index in [9.17, 15) is 14.4 Å². The number of fused-ring (bicyclic) bond motifs is 3. The summed E-state index contributed by atoms with van der Waals surface area (Å²) in [6.45, 7) is 1.45. The lowest BCUT2D eigenvalue weighted by Gasteiger charge is -2.18. The molecule has 1 aromatic carbocycles. The van der Waals surface area contributed by atoms with Crippen LogP contribution in [0, 0.1) is 0 Å². The summed E-state index contributed by atoms with van der Waals surface area (Å²) in [4.78, 5) is 44.6. The van der Waals surface area contributed by atoms with Gasteiger partial charge in [0.15, 0.2) is 5.16 Å². The molecule has 0 spiro atoms. The van der Waals surface area contributed by atoms with Gasteiger partial charge in [-0.1, -0.05) is 24.6 Å². The van der Waals surface area contributed by atoms with Crippen LogP contribution in [0.25, 0.3) is 10.2 Å². The Morgan fingerprint density at radius 1 is 1.06 bits per heavy atom. The fourth-order valence-electron chi connectivity index (χ4n) is 4.95. The van der Waals surface area contributed by atoms with Gasteiger partial charge in [-0.15, -0.1) is 11.3 Å². The van der Waals surface area contributed by atoms with Gasteiger partial charge in [-0.3, -0.25) is 19.0 Å². The molecule has 0 saturated heterocycles. The highest BCUT2D eigenvalue weighted by Gasteiger charge is 2.27. The third-order valence-electron chi connectivity index (χ3n) is 6.50. The molecule has 34 heavy (non-hydrogen) atoms. The lowest BCUT2D eigenvalue weighted by Crippen LogP contribution is -2.27. The first kappa shape index (κ1) is 23.1. The Kier molecular flexibility index (Phi) is 6.74. The first-order valence-corrected chi connectivity index (χ1v) is 13.7. The van der Waals surface area contributed by atoms with Gasteiger partial charge in [-0.2, -0.15) is 0 Å². The molecule has 2 aromatic heterocycles. The first-order valence-electron chi connectivity index (χ1n) is 11.9. The van der Waals surface area contributed by atoms with Gasteiger partial charge in [0, 0.05) is 29.2 Å². The van der Waals surface area contributed by atoms with Gasteiger partial charge in [-0.25, -0.2) is 4.98 Å². The number of hydrogen-bond acceptors (Lipinski definition) is 6. The molecule has 7 nitrogen and oxygen atoms in total.